The molecule has 1 atom stereocenters. The van der Waals surface area contributed by atoms with Gasteiger partial charge in [-0.1, -0.05) is 0 Å². The Hall–Kier alpha value is -0.590. The minimum absolute atomic E-state index is 0.196. The number of nitrogens with zero attached hydrogens (tertiary/aromatic N) is 2. The van der Waals surface area contributed by atoms with Crippen molar-refractivity contribution in [3.63, 3.8) is 0 Å². The largest absolute Gasteiger partial charge is 0.395 e. The van der Waals surface area contributed by atoms with Crippen LogP contribution in [0.2, 0.25) is 0 Å². The molecule has 1 aliphatic rings. The molecule has 1 saturated heterocycles. The first-order chi connectivity index (χ1) is 4.88. The van der Waals surface area contributed by atoms with Gasteiger partial charge in [0.05, 0.1) is 19.2 Å². The summed E-state index contributed by atoms with van der Waals surface area (Å²) in [7, 11) is 0. The fraction of sp³-hybridized carbons (Fsp3) is 0.857. The molecule has 0 aromatic carbocycles. The van der Waals surface area contributed by atoms with Crippen LogP contribution in [0.25, 0.3) is 0 Å². The van der Waals surface area contributed by atoms with Gasteiger partial charge in [0, 0.05) is 6.04 Å². The predicted octanol–water partition coefficient (Wildman–Crippen LogP) is -0.0333. The second kappa shape index (κ2) is 3.55. The lowest BCUT2D eigenvalue weighted by molar-refractivity contribution is 0.171. The third-order valence-electron chi connectivity index (χ3n) is 1.98. The first-order valence-electron chi connectivity index (χ1n) is 3.60. The summed E-state index contributed by atoms with van der Waals surface area (Å²) < 4.78 is 0. The Morgan fingerprint density at radius 3 is 3.10 bits per heavy atom. The molecule has 0 aromatic heterocycles. The number of hydrogen-bond donors (Lipinski definition) is 1. The molecular formula is C7H12N2O. The molecule has 0 unspecified atom stereocenters. The lowest BCUT2D eigenvalue weighted by atomic mass is 10.2. The van der Waals surface area contributed by atoms with Crippen molar-refractivity contribution in [3.05, 3.63) is 0 Å². The van der Waals surface area contributed by atoms with Crippen molar-refractivity contribution in [2.45, 2.75) is 18.9 Å². The average Bonchev–Trinajstić information content (AvgIpc) is 2.36. The minimum atomic E-state index is 0.196. The summed E-state index contributed by atoms with van der Waals surface area (Å²) in [6.07, 6.45) is 2.16. The number of hydrogen-bond acceptors (Lipinski definition) is 3. The highest BCUT2D eigenvalue weighted by Gasteiger charge is 2.22. The van der Waals surface area contributed by atoms with Crippen LogP contribution in [0.15, 0.2) is 0 Å². The number of rotatable bonds is 2. The van der Waals surface area contributed by atoms with E-state index in [4.69, 9.17) is 10.4 Å². The zero-order valence-corrected chi connectivity index (χ0v) is 5.95. The molecule has 0 spiro atoms. The van der Waals surface area contributed by atoms with E-state index in [2.05, 4.69) is 6.07 Å². The molecule has 3 nitrogen and oxygen atoms in total. The van der Waals surface area contributed by atoms with Crippen molar-refractivity contribution in [1.29, 1.82) is 5.26 Å². The molecule has 0 bridgehead atoms. The Balaban J connectivity index is 2.36. The van der Waals surface area contributed by atoms with E-state index < -0.39 is 0 Å². The molecule has 1 heterocycles. The van der Waals surface area contributed by atoms with Crippen LogP contribution < -0.4 is 0 Å². The molecule has 0 aromatic rings. The molecule has 10 heavy (non-hydrogen) atoms. The molecule has 0 saturated carbocycles. The molecule has 0 amide bonds. The van der Waals surface area contributed by atoms with Crippen LogP contribution >= 0.6 is 0 Å². The summed E-state index contributed by atoms with van der Waals surface area (Å²) in [5.74, 6) is 0. The molecule has 1 fully saturated rings. The summed E-state index contributed by atoms with van der Waals surface area (Å²) >= 11 is 0. The van der Waals surface area contributed by atoms with Crippen molar-refractivity contribution >= 4 is 0 Å². The fourth-order valence-corrected chi connectivity index (χ4v) is 1.40. The number of aliphatic hydroxyl groups is 1. The zero-order valence-electron chi connectivity index (χ0n) is 5.95. The average molecular weight is 140 g/mol. The van der Waals surface area contributed by atoms with Crippen LogP contribution in [0, 0.1) is 11.3 Å². The summed E-state index contributed by atoms with van der Waals surface area (Å²) in [4.78, 5) is 2.03. The Labute approximate surface area is 60.9 Å². The van der Waals surface area contributed by atoms with E-state index in [0.717, 1.165) is 19.4 Å². The molecule has 56 valence electrons. The van der Waals surface area contributed by atoms with Crippen molar-refractivity contribution in [1.82, 2.24) is 4.90 Å². The first-order valence-corrected chi connectivity index (χ1v) is 3.60. The zero-order chi connectivity index (χ0) is 7.40. The van der Waals surface area contributed by atoms with Gasteiger partial charge in [-0.3, -0.25) is 4.90 Å². The van der Waals surface area contributed by atoms with Gasteiger partial charge in [0.1, 0.15) is 0 Å². The highest BCUT2D eigenvalue weighted by atomic mass is 16.3. The van der Waals surface area contributed by atoms with Crippen LogP contribution in [0.1, 0.15) is 12.8 Å². The van der Waals surface area contributed by atoms with Crippen LogP contribution in [0.3, 0.4) is 0 Å². The van der Waals surface area contributed by atoms with E-state index in [1.807, 2.05) is 4.90 Å². The Bertz CT molecular complexity index is 141. The normalized spacial score (nSPS) is 26.6. The Morgan fingerprint density at radius 1 is 1.70 bits per heavy atom. The van der Waals surface area contributed by atoms with Gasteiger partial charge in [-0.15, -0.1) is 0 Å². The van der Waals surface area contributed by atoms with Gasteiger partial charge in [0.25, 0.3) is 0 Å². The van der Waals surface area contributed by atoms with Crippen molar-refractivity contribution in [2.24, 2.45) is 0 Å². The quantitative estimate of drug-likeness (QED) is 0.548. The first kappa shape index (κ1) is 7.52. The highest BCUT2D eigenvalue weighted by Crippen LogP contribution is 2.14. The van der Waals surface area contributed by atoms with Crippen LogP contribution in [0.4, 0.5) is 0 Å². The lowest BCUT2D eigenvalue weighted by Crippen LogP contribution is -2.32. The third kappa shape index (κ3) is 1.47. The van der Waals surface area contributed by atoms with E-state index in [-0.39, 0.29) is 12.6 Å². The summed E-state index contributed by atoms with van der Waals surface area (Å²) in [5, 5.41) is 17.2. The van der Waals surface area contributed by atoms with Gasteiger partial charge in [-0.05, 0) is 19.4 Å². The van der Waals surface area contributed by atoms with Gasteiger partial charge in [-0.2, -0.15) is 5.26 Å². The SMILES string of the molecule is N#CCN1CCC[C@H]1CO. The molecule has 1 N–H and O–H groups in total. The molecule has 1 rings (SSSR count). The van der Waals surface area contributed by atoms with Crippen LogP contribution in [-0.2, 0) is 0 Å². The second-order valence-corrected chi connectivity index (χ2v) is 2.61. The maximum absolute atomic E-state index is 8.81. The predicted molar refractivity (Wildman–Crippen MR) is 37.3 cm³/mol. The van der Waals surface area contributed by atoms with Crippen LogP contribution in [-0.4, -0.2) is 35.7 Å². The molecule has 0 aliphatic carbocycles. The Kier molecular flexibility index (Phi) is 2.67. The van der Waals surface area contributed by atoms with Crippen molar-refractivity contribution in [2.75, 3.05) is 19.7 Å². The number of nitriles is 1. The van der Waals surface area contributed by atoms with E-state index in [1.54, 1.807) is 0 Å². The molecular weight excluding hydrogens is 128 g/mol. The number of aliphatic hydroxyl groups excluding tert-OH is 1. The van der Waals surface area contributed by atoms with Gasteiger partial charge < -0.3 is 5.11 Å². The standard InChI is InChI=1S/C7H12N2O/c8-3-5-9-4-1-2-7(9)6-10/h7,10H,1-2,4-6H2/t7-/m0/s1. The fourth-order valence-electron chi connectivity index (χ4n) is 1.40. The Morgan fingerprint density at radius 2 is 2.50 bits per heavy atom. The van der Waals surface area contributed by atoms with Crippen molar-refractivity contribution in [3.8, 4) is 6.07 Å². The van der Waals surface area contributed by atoms with Gasteiger partial charge in [-0.25, -0.2) is 0 Å². The maximum Gasteiger partial charge on any atom is 0.0869 e. The summed E-state index contributed by atoms with van der Waals surface area (Å²) in [6, 6.07) is 2.34. The number of likely N-dealkylation sites (tertiary alicyclic amines) is 1. The second-order valence-electron chi connectivity index (χ2n) is 2.61. The van der Waals surface area contributed by atoms with Crippen LogP contribution in [0.5, 0.6) is 0 Å². The van der Waals surface area contributed by atoms with E-state index in [1.165, 1.54) is 0 Å². The van der Waals surface area contributed by atoms with E-state index in [9.17, 15) is 0 Å². The van der Waals surface area contributed by atoms with Crippen molar-refractivity contribution < 1.29 is 5.11 Å². The maximum atomic E-state index is 8.81. The van der Waals surface area contributed by atoms with E-state index >= 15 is 0 Å². The van der Waals surface area contributed by atoms with Gasteiger partial charge in [0.15, 0.2) is 0 Å². The monoisotopic (exact) mass is 140 g/mol. The third-order valence-corrected chi connectivity index (χ3v) is 1.98. The minimum Gasteiger partial charge on any atom is -0.395 e. The van der Waals surface area contributed by atoms with Gasteiger partial charge in [0.2, 0.25) is 0 Å². The van der Waals surface area contributed by atoms with Gasteiger partial charge >= 0.3 is 0 Å². The molecule has 3 heteroatoms. The molecule has 0 radical (unpaired) electrons. The lowest BCUT2D eigenvalue weighted by Gasteiger charge is -2.18. The summed E-state index contributed by atoms with van der Waals surface area (Å²) in [6.45, 7) is 1.63. The topological polar surface area (TPSA) is 47.3 Å². The highest BCUT2D eigenvalue weighted by molar-refractivity contribution is 4.85. The smallest absolute Gasteiger partial charge is 0.0869 e. The van der Waals surface area contributed by atoms with E-state index in [0.29, 0.717) is 6.54 Å². The molecule has 1 aliphatic heterocycles. The summed E-state index contributed by atoms with van der Waals surface area (Å²) in [5.41, 5.74) is 0.